The lowest BCUT2D eigenvalue weighted by Crippen LogP contribution is -2.37. The molecule has 1 aliphatic heterocycles. The zero-order valence-corrected chi connectivity index (χ0v) is 13.3. The Hall–Kier alpha value is -0.910. The minimum absolute atomic E-state index is 0.00629. The Kier molecular flexibility index (Phi) is 5.57. The maximum atomic E-state index is 12.6. The summed E-state index contributed by atoms with van der Waals surface area (Å²) >= 11 is 1.66. The standard InChI is InChI=1S/C15H24N2O2S/c1-4-6-13-15(18)17(9-11(3)19-5-2)14(16-13)12-7-8-20-10-12/h7-8,10-11,13-14,16H,4-6,9H2,1-3H3. The fourth-order valence-electron chi connectivity index (χ4n) is 2.69. The van der Waals surface area contributed by atoms with Crippen molar-refractivity contribution >= 4 is 17.2 Å². The number of carbonyl (C=O) groups excluding carboxylic acids is 1. The number of nitrogens with zero attached hydrogens (tertiary/aromatic N) is 1. The molecule has 0 saturated carbocycles. The topological polar surface area (TPSA) is 41.6 Å². The van der Waals surface area contributed by atoms with Crippen LogP contribution in [0.3, 0.4) is 0 Å². The van der Waals surface area contributed by atoms with Crippen molar-refractivity contribution in [1.82, 2.24) is 10.2 Å². The van der Waals surface area contributed by atoms with E-state index in [4.69, 9.17) is 4.74 Å². The first-order valence-corrected chi connectivity index (χ1v) is 8.31. The van der Waals surface area contributed by atoms with Gasteiger partial charge in [-0.2, -0.15) is 11.3 Å². The predicted molar refractivity (Wildman–Crippen MR) is 81.7 cm³/mol. The molecule has 1 N–H and O–H groups in total. The third-order valence-corrected chi connectivity index (χ3v) is 4.29. The van der Waals surface area contributed by atoms with Crippen LogP contribution in [0.2, 0.25) is 0 Å². The number of thiophene rings is 1. The van der Waals surface area contributed by atoms with Crippen LogP contribution >= 0.6 is 11.3 Å². The fourth-order valence-corrected chi connectivity index (χ4v) is 3.37. The van der Waals surface area contributed by atoms with Crippen molar-refractivity contribution in [1.29, 1.82) is 0 Å². The van der Waals surface area contributed by atoms with E-state index in [9.17, 15) is 4.79 Å². The molecular weight excluding hydrogens is 272 g/mol. The van der Waals surface area contributed by atoms with Crippen LogP contribution in [0.1, 0.15) is 45.3 Å². The van der Waals surface area contributed by atoms with Gasteiger partial charge in [0.05, 0.1) is 12.1 Å². The Labute approximate surface area is 125 Å². The quantitative estimate of drug-likeness (QED) is 0.841. The van der Waals surface area contributed by atoms with E-state index in [2.05, 4.69) is 29.1 Å². The first-order chi connectivity index (χ1) is 9.67. The molecule has 1 saturated heterocycles. The molecule has 0 radical (unpaired) electrons. The highest BCUT2D eigenvalue weighted by atomic mass is 32.1. The molecule has 2 heterocycles. The summed E-state index contributed by atoms with van der Waals surface area (Å²) in [6.07, 6.45) is 1.95. The van der Waals surface area contributed by atoms with Crippen molar-refractivity contribution in [3.8, 4) is 0 Å². The van der Waals surface area contributed by atoms with Crippen LogP contribution < -0.4 is 5.32 Å². The molecule has 3 unspecified atom stereocenters. The van der Waals surface area contributed by atoms with Gasteiger partial charge in [-0.3, -0.25) is 10.1 Å². The van der Waals surface area contributed by atoms with Gasteiger partial charge < -0.3 is 9.64 Å². The summed E-state index contributed by atoms with van der Waals surface area (Å²) < 4.78 is 5.59. The smallest absolute Gasteiger partial charge is 0.241 e. The summed E-state index contributed by atoms with van der Waals surface area (Å²) in [4.78, 5) is 14.5. The zero-order valence-electron chi connectivity index (χ0n) is 12.5. The van der Waals surface area contributed by atoms with E-state index in [-0.39, 0.29) is 24.2 Å². The highest BCUT2D eigenvalue weighted by Crippen LogP contribution is 2.28. The summed E-state index contributed by atoms with van der Waals surface area (Å²) in [7, 11) is 0. The van der Waals surface area contributed by atoms with Gasteiger partial charge in [0.1, 0.15) is 6.17 Å². The van der Waals surface area contributed by atoms with Gasteiger partial charge in [0, 0.05) is 13.2 Å². The molecular formula is C15H24N2O2S. The van der Waals surface area contributed by atoms with Gasteiger partial charge in [-0.05, 0) is 42.7 Å². The van der Waals surface area contributed by atoms with Crippen molar-refractivity contribution in [3.63, 3.8) is 0 Å². The average molecular weight is 296 g/mol. The fraction of sp³-hybridized carbons (Fsp3) is 0.667. The molecule has 0 aromatic carbocycles. The van der Waals surface area contributed by atoms with Gasteiger partial charge in [-0.25, -0.2) is 0 Å². The summed E-state index contributed by atoms with van der Waals surface area (Å²) in [6, 6.07) is 2.03. The molecule has 4 nitrogen and oxygen atoms in total. The minimum atomic E-state index is -0.0567. The maximum Gasteiger partial charge on any atom is 0.241 e. The number of amides is 1. The Morgan fingerprint density at radius 2 is 2.30 bits per heavy atom. The zero-order chi connectivity index (χ0) is 14.5. The van der Waals surface area contributed by atoms with E-state index in [1.165, 1.54) is 5.56 Å². The van der Waals surface area contributed by atoms with Crippen LogP contribution in [-0.4, -0.2) is 36.1 Å². The van der Waals surface area contributed by atoms with Crippen LogP contribution in [0.15, 0.2) is 16.8 Å². The van der Waals surface area contributed by atoms with Crippen LogP contribution in [0.5, 0.6) is 0 Å². The predicted octanol–water partition coefficient (Wildman–Crippen LogP) is 2.77. The van der Waals surface area contributed by atoms with Crippen molar-refractivity contribution in [3.05, 3.63) is 22.4 Å². The second-order valence-corrected chi connectivity index (χ2v) is 6.00. The second-order valence-electron chi connectivity index (χ2n) is 5.22. The summed E-state index contributed by atoms with van der Waals surface area (Å²) in [5, 5.41) is 7.63. The average Bonchev–Trinajstić information content (AvgIpc) is 3.02. The molecule has 2 rings (SSSR count). The second kappa shape index (κ2) is 7.20. The van der Waals surface area contributed by atoms with Crippen molar-refractivity contribution in [2.24, 2.45) is 0 Å². The van der Waals surface area contributed by atoms with Crippen molar-refractivity contribution < 1.29 is 9.53 Å². The van der Waals surface area contributed by atoms with Gasteiger partial charge in [0.15, 0.2) is 0 Å². The van der Waals surface area contributed by atoms with E-state index in [1.54, 1.807) is 11.3 Å². The molecule has 0 spiro atoms. The molecule has 20 heavy (non-hydrogen) atoms. The van der Waals surface area contributed by atoms with Gasteiger partial charge in [0.25, 0.3) is 0 Å². The normalized spacial score (nSPS) is 24.4. The van der Waals surface area contributed by atoms with E-state index >= 15 is 0 Å². The monoisotopic (exact) mass is 296 g/mol. The van der Waals surface area contributed by atoms with Gasteiger partial charge in [0.2, 0.25) is 5.91 Å². The number of ether oxygens (including phenoxy) is 1. The lowest BCUT2D eigenvalue weighted by Gasteiger charge is -2.26. The van der Waals surface area contributed by atoms with Crippen LogP contribution in [-0.2, 0) is 9.53 Å². The molecule has 1 aliphatic rings. The van der Waals surface area contributed by atoms with Gasteiger partial charge in [-0.15, -0.1) is 0 Å². The maximum absolute atomic E-state index is 12.6. The molecule has 5 heteroatoms. The van der Waals surface area contributed by atoms with Crippen LogP contribution in [0, 0.1) is 0 Å². The molecule has 0 bridgehead atoms. The van der Waals surface area contributed by atoms with Gasteiger partial charge in [-0.1, -0.05) is 13.3 Å². The SMILES string of the molecule is CCCC1NC(c2ccsc2)N(CC(C)OCC)C1=O. The van der Waals surface area contributed by atoms with Crippen LogP contribution in [0.4, 0.5) is 0 Å². The molecule has 3 atom stereocenters. The largest absolute Gasteiger partial charge is 0.377 e. The Bertz CT molecular complexity index is 422. The van der Waals surface area contributed by atoms with Crippen molar-refractivity contribution in [2.45, 2.75) is 51.9 Å². The lowest BCUT2D eigenvalue weighted by atomic mass is 10.1. The Morgan fingerprint density at radius 1 is 1.50 bits per heavy atom. The third-order valence-electron chi connectivity index (χ3n) is 3.59. The summed E-state index contributed by atoms with van der Waals surface area (Å²) in [6.45, 7) is 7.43. The third kappa shape index (κ3) is 3.40. The highest BCUT2D eigenvalue weighted by molar-refractivity contribution is 7.07. The first-order valence-electron chi connectivity index (χ1n) is 7.37. The summed E-state index contributed by atoms with van der Waals surface area (Å²) in [5.41, 5.74) is 1.17. The molecule has 0 aliphatic carbocycles. The Balaban J connectivity index is 2.12. The van der Waals surface area contributed by atoms with E-state index in [0.717, 1.165) is 12.8 Å². The molecule has 112 valence electrons. The molecule has 1 fully saturated rings. The molecule has 1 aromatic rings. The van der Waals surface area contributed by atoms with Crippen molar-refractivity contribution in [2.75, 3.05) is 13.2 Å². The first kappa shape index (κ1) is 15.5. The Morgan fingerprint density at radius 3 is 2.90 bits per heavy atom. The molecule has 1 aromatic heterocycles. The van der Waals surface area contributed by atoms with Gasteiger partial charge >= 0.3 is 0 Å². The minimum Gasteiger partial charge on any atom is -0.377 e. The van der Waals surface area contributed by atoms with E-state index < -0.39 is 0 Å². The number of hydrogen-bond acceptors (Lipinski definition) is 4. The lowest BCUT2D eigenvalue weighted by molar-refractivity contribution is -0.132. The molecule has 1 amide bonds. The van der Waals surface area contributed by atoms with E-state index in [0.29, 0.717) is 13.2 Å². The number of carbonyl (C=O) groups is 1. The van der Waals surface area contributed by atoms with E-state index in [1.807, 2.05) is 18.7 Å². The highest BCUT2D eigenvalue weighted by Gasteiger charge is 2.39. The number of nitrogens with one attached hydrogen (secondary N) is 1. The number of rotatable bonds is 7. The number of hydrogen-bond donors (Lipinski definition) is 1. The van der Waals surface area contributed by atoms with Crippen LogP contribution in [0.25, 0.3) is 0 Å². The summed E-state index contributed by atoms with van der Waals surface area (Å²) in [5.74, 6) is 0.203.